The van der Waals surface area contributed by atoms with Crippen LogP contribution in [0.15, 0.2) is 29.4 Å². The Kier molecular flexibility index (Phi) is 5.38. The SMILES string of the molecule is Cc1c(Nc2ccc(S(C)(=O)=O)cc2F)ncnc1OC1CC2CCC1N2C(=O)OC1CC1. The van der Waals surface area contributed by atoms with Crippen LogP contribution >= 0.6 is 0 Å². The molecule has 1 amide bonds. The van der Waals surface area contributed by atoms with Crippen LogP contribution in [0.2, 0.25) is 0 Å². The smallest absolute Gasteiger partial charge is 0.410 e. The molecule has 0 spiro atoms. The molecule has 2 aliphatic heterocycles. The highest BCUT2D eigenvalue weighted by Crippen LogP contribution is 2.41. The highest BCUT2D eigenvalue weighted by atomic mass is 32.2. The van der Waals surface area contributed by atoms with Crippen LogP contribution in [0, 0.1) is 12.7 Å². The molecule has 9 nitrogen and oxygen atoms in total. The zero-order valence-corrected chi connectivity index (χ0v) is 19.1. The molecule has 33 heavy (non-hydrogen) atoms. The highest BCUT2D eigenvalue weighted by Gasteiger charge is 2.51. The summed E-state index contributed by atoms with van der Waals surface area (Å²) >= 11 is 0. The quantitative estimate of drug-likeness (QED) is 0.676. The molecule has 1 aliphatic carbocycles. The lowest BCUT2D eigenvalue weighted by atomic mass is 9.98. The number of nitrogens with zero attached hydrogens (tertiary/aromatic N) is 3. The predicted molar refractivity (Wildman–Crippen MR) is 117 cm³/mol. The van der Waals surface area contributed by atoms with Crippen LogP contribution in [0.3, 0.4) is 0 Å². The number of sulfone groups is 1. The summed E-state index contributed by atoms with van der Waals surface area (Å²) in [5.41, 5.74) is 0.669. The molecular weight excluding hydrogens is 451 g/mol. The molecule has 2 bridgehead atoms. The van der Waals surface area contributed by atoms with E-state index < -0.39 is 15.7 Å². The summed E-state index contributed by atoms with van der Waals surface area (Å²) in [7, 11) is -3.51. The van der Waals surface area contributed by atoms with Gasteiger partial charge in [0, 0.05) is 18.7 Å². The zero-order chi connectivity index (χ0) is 23.3. The predicted octanol–water partition coefficient (Wildman–Crippen LogP) is 3.35. The van der Waals surface area contributed by atoms with E-state index in [4.69, 9.17) is 9.47 Å². The molecule has 11 heteroatoms. The van der Waals surface area contributed by atoms with E-state index in [2.05, 4.69) is 15.3 Å². The van der Waals surface area contributed by atoms with Crippen molar-refractivity contribution in [2.45, 2.75) is 68.2 Å². The van der Waals surface area contributed by atoms with Crippen molar-refractivity contribution >= 4 is 27.4 Å². The minimum absolute atomic E-state index is 0.0569. The Labute approximate surface area is 191 Å². The van der Waals surface area contributed by atoms with Crippen LogP contribution in [0.5, 0.6) is 5.88 Å². The number of ether oxygens (including phenoxy) is 2. The molecule has 176 valence electrons. The lowest BCUT2D eigenvalue weighted by Crippen LogP contribution is -2.40. The second-order valence-electron chi connectivity index (χ2n) is 8.87. The van der Waals surface area contributed by atoms with E-state index >= 15 is 0 Å². The summed E-state index contributed by atoms with van der Waals surface area (Å²) in [6.45, 7) is 1.76. The maximum atomic E-state index is 14.5. The van der Waals surface area contributed by atoms with Crippen LogP contribution in [-0.2, 0) is 14.6 Å². The molecule has 3 heterocycles. The van der Waals surface area contributed by atoms with Gasteiger partial charge in [-0.3, -0.25) is 4.90 Å². The minimum atomic E-state index is -3.51. The third-order valence-corrected chi connectivity index (χ3v) is 7.52. The van der Waals surface area contributed by atoms with Gasteiger partial charge in [0.1, 0.15) is 30.2 Å². The van der Waals surface area contributed by atoms with Crippen molar-refractivity contribution in [2.75, 3.05) is 11.6 Å². The van der Waals surface area contributed by atoms with Crippen molar-refractivity contribution in [1.82, 2.24) is 14.9 Å². The number of carbonyl (C=O) groups is 1. The Balaban J connectivity index is 1.31. The fourth-order valence-corrected chi connectivity index (χ4v) is 5.14. The van der Waals surface area contributed by atoms with Gasteiger partial charge in [0.2, 0.25) is 5.88 Å². The maximum Gasteiger partial charge on any atom is 0.410 e. The van der Waals surface area contributed by atoms with Gasteiger partial charge in [-0.05, 0) is 50.8 Å². The summed E-state index contributed by atoms with van der Waals surface area (Å²) in [5, 5.41) is 2.89. The summed E-state index contributed by atoms with van der Waals surface area (Å²) < 4.78 is 49.5. The average molecular weight is 477 g/mol. The van der Waals surface area contributed by atoms with Crippen LogP contribution in [0.25, 0.3) is 0 Å². The van der Waals surface area contributed by atoms with E-state index in [1.807, 2.05) is 4.90 Å². The first-order valence-electron chi connectivity index (χ1n) is 10.9. The van der Waals surface area contributed by atoms with Crippen molar-refractivity contribution in [3.05, 3.63) is 35.9 Å². The molecule has 3 aliphatic rings. The molecule has 0 radical (unpaired) electrons. The third-order valence-electron chi connectivity index (χ3n) is 6.41. The minimum Gasteiger partial charge on any atom is -0.472 e. The molecular formula is C22H25FN4O5S. The molecule has 3 atom stereocenters. The molecule has 3 unspecified atom stereocenters. The van der Waals surface area contributed by atoms with E-state index in [9.17, 15) is 17.6 Å². The van der Waals surface area contributed by atoms with Gasteiger partial charge in [-0.25, -0.2) is 27.6 Å². The van der Waals surface area contributed by atoms with Crippen molar-refractivity contribution < 1.29 is 27.1 Å². The molecule has 1 aromatic carbocycles. The number of benzene rings is 1. The first-order valence-corrected chi connectivity index (χ1v) is 12.8. The fraction of sp³-hybridized carbons (Fsp3) is 0.500. The Bertz CT molecular complexity index is 1200. The van der Waals surface area contributed by atoms with Crippen LogP contribution in [-0.4, -0.2) is 59.9 Å². The number of amides is 1. The first-order chi connectivity index (χ1) is 15.7. The largest absolute Gasteiger partial charge is 0.472 e. The topological polar surface area (TPSA) is 111 Å². The maximum absolute atomic E-state index is 14.5. The summed E-state index contributed by atoms with van der Waals surface area (Å²) in [6.07, 6.45) is 6.29. The van der Waals surface area contributed by atoms with Gasteiger partial charge in [0.15, 0.2) is 9.84 Å². The number of nitrogens with one attached hydrogen (secondary N) is 1. The Morgan fingerprint density at radius 2 is 2.00 bits per heavy atom. The van der Waals surface area contributed by atoms with Gasteiger partial charge in [0.05, 0.1) is 22.2 Å². The van der Waals surface area contributed by atoms with E-state index in [1.165, 1.54) is 18.5 Å². The summed E-state index contributed by atoms with van der Waals surface area (Å²) in [6, 6.07) is 3.70. The Morgan fingerprint density at radius 3 is 2.70 bits per heavy atom. The first kappa shape index (κ1) is 21.9. The average Bonchev–Trinajstić information content (AvgIpc) is 3.38. The van der Waals surface area contributed by atoms with Crippen LogP contribution < -0.4 is 10.1 Å². The summed E-state index contributed by atoms with van der Waals surface area (Å²) in [5.74, 6) is -0.00999. The zero-order valence-electron chi connectivity index (χ0n) is 18.3. The van der Waals surface area contributed by atoms with Crippen molar-refractivity contribution in [1.29, 1.82) is 0 Å². The molecule has 3 fully saturated rings. The molecule has 1 saturated carbocycles. The van der Waals surface area contributed by atoms with Gasteiger partial charge in [-0.15, -0.1) is 0 Å². The Hall–Kier alpha value is -2.95. The van der Waals surface area contributed by atoms with Gasteiger partial charge in [-0.1, -0.05) is 0 Å². The van der Waals surface area contributed by atoms with Crippen LogP contribution in [0.1, 0.15) is 37.7 Å². The molecule has 5 rings (SSSR count). The number of hydrogen-bond donors (Lipinski definition) is 1. The number of anilines is 2. The Morgan fingerprint density at radius 1 is 1.21 bits per heavy atom. The van der Waals surface area contributed by atoms with Crippen LogP contribution in [0.4, 0.5) is 20.7 Å². The van der Waals surface area contributed by atoms with Gasteiger partial charge in [0.25, 0.3) is 0 Å². The number of carbonyl (C=O) groups excluding carboxylic acids is 1. The summed E-state index contributed by atoms with van der Waals surface area (Å²) in [4.78, 5) is 22.7. The third kappa shape index (κ3) is 4.33. The second-order valence-corrected chi connectivity index (χ2v) is 10.9. The second kappa shape index (κ2) is 8.12. The molecule has 2 aromatic rings. The standard InChI is InChI=1S/C22H25FN4O5S/c1-12-20(26-17-7-6-15(10-16(17)23)33(2,29)30)24-11-25-21(12)32-19-9-13-3-8-18(19)27(13)22(28)31-14-4-5-14/h6-7,10-11,13-14,18-19H,3-5,8-9H2,1-2H3,(H,24,25,26). The molecule has 1 N–H and O–H groups in total. The van der Waals surface area contributed by atoms with Crippen molar-refractivity contribution in [3.63, 3.8) is 0 Å². The van der Waals surface area contributed by atoms with Gasteiger partial charge >= 0.3 is 6.09 Å². The monoisotopic (exact) mass is 476 g/mol. The van der Waals surface area contributed by atoms with E-state index in [0.29, 0.717) is 23.7 Å². The molecule has 1 aromatic heterocycles. The number of aromatic nitrogens is 2. The lowest BCUT2D eigenvalue weighted by Gasteiger charge is -2.24. The number of rotatable bonds is 6. The van der Waals surface area contributed by atoms with Crippen molar-refractivity contribution in [3.8, 4) is 5.88 Å². The van der Waals surface area contributed by atoms with Crippen molar-refractivity contribution in [2.24, 2.45) is 0 Å². The van der Waals surface area contributed by atoms with Gasteiger partial charge < -0.3 is 14.8 Å². The number of fused-ring (bicyclic) bond motifs is 2. The van der Waals surface area contributed by atoms with E-state index in [-0.39, 0.29) is 41.0 Å². The fourth-order valence-electron chi connectivity index (χ4n) is 4.51. The highest BCUT2D eigenvalue weighted by molar-refractivity contribution is 7.90. The normalized spacial score (nSPS) is 24.1. The molecule has 2 saturated heterocycles. The van der Waals surface area contributed by atoms with E-state index in [0.717, 1.165) is 38.0 Å². The number of halogens is 1. The lowest BCUT2D eigenvalue weighted by molar-refractivity contribution is 0.0798. The van der Waals surface area contributed by atoms with Gasteiger partial charge in [-0.2, -0.15) is 0 Å². The van der Waals surface area contributed by atoms with E-state index in [1.54, 1.807) is 6.92 Å². The number of hydrogen-bond acceptors (Lipinski definition) is 8.